The Morgan fingerprint density at radius 3 is 2.18 bits per heavy atom. The van der Waals surface area contributed by atoms with E-state index in [-0.39, 0.29) is 12.2 Å². The van der Waals surface area contributed by atoms with Crippen molar-refractivity contribution in [3.05, 3.63) is 67.0 Å². The van der Waals surface area contributed by atoms with Crippen LogP contribution in [0, 0.1) is 0 Å². The van der Waals surface area contributed by atoms with Gasteiger partial charge >= 0.3 is 0 Å². The number of nitrogens with zero attached hydrogens (tertiary/aromatic N) is 3. The first-order valence-electron chi connectivity index (χ1n) is 11.5. The largest absolute Gasteiger partial charge is 0.495 e. The number of morpholine rings is 1. The molecule has 0 amide bonds. The molecule has 3 heterocycles. The summed E-state index contributed by atoms with van der Waals surface area (Å²) < 4.78 is 17.0. The fourth-order valence-corrected chi connectivity index (χ4v) is 4.76. The Morgan fingerprint density at radius 2 is 1.53 bits per heavy atom. The van der Waals surface area contributed by atoms with E-state index in [1.54, 1.807) is 14.2 Å². The van der Waals surface area contributed by atoms with Crippen LogP contribution in [-0.4, -0.2) is 49.5 Å². The van der Waals surface area contributed by atoms with Crippen LogP contribution in [0.15, 0.2) is 67.0 Å². The average Bonchev–Trinajstić information content (AvgIpc) is 2.87. The third-order valence-corrected chi connectivity index (χ3v) is 6.27. The SMILES string of the molecule is COc1ccc(-c2cccc3c(OC)c(-c4ccc(N5C[C@@H](C)O[C@@H](C)C5)cc4)cnc23)cn1. The highest BCUT2D eigenvalue weighted by atomic mass is 16.5. The molecular formula is C28H29N3O3. The summed E-state index contributed by atoms with van der Waals surface area (Å²) in [5, 5.41) is 0.966. The molecule has 0 saturated carbocycles. The molecule has 1 saturated heterocycles. The Hall–Kier alpha value is -3.64. The highest BCUT2D eigenvalue weighted by molar-refractivity contribution is 6.00. The Kier molecular flexibility index (Phi) is 6.07. The molecule has 0 unspecified atom stereocenters. The number of methoxy groups -OCH3 is 2. The van der Waals surface area contributed by atoms with Gasteiger partial charge in [0.2, 0.25) is 5.88 Å². The third-order valence-electron chi connectivity index (χ3n) is 6.27. The summed E-state index contributed by atoms with van der Waals surface area (Å²) in [5.41, 5.74) is 6.10. The van der Waals surface area contributed by atoms with Crippen molar-refractivity contribution in [3.63, 3.8) is 0 Å². The molecule has 1 fully saturated rings. The van der Waals surface area contributed by atoms with Crippen molar-refractivity contribution in [1.82, 2.24) is 9.97 Å². The van der Waals surface area contributed by atoms with Gasteiger partial charge in [0.05, 0.1) is 31.9 Å². The van der Waals surface area contributed by atoms with E-state index < -0.39 is 0 Å². The van der Waals surface area contributed by atoms with Gasteiger partial charge in [0.25, 0.3) is 0 Å². The Labute approximate surface area is 200 Å². The molecule has 1 aliphatic heterocycles. The molecule has 0 spiro atoms. The lowest BCUT2D eigenvalue weighted by Gasteiger charge is -2.36. The number of hydrogen-bond acceptors (Lipinski definition) is 6. The van der Waals surface area contributed by atoms with Gasteiger partial charge in [-0.2, -0.15) is 0 Å². The van der Waals surface area contributed by atoms with Gasteiger partial charge in [0, 0.05) is 59.3 Å². The lowest BCUT2D eigenvalue weighted by atomic mass is 9.99. The summed E-state index contributed by atoms with van der Waals surface area (Å²) in [6.07, 6.45) is 4.16. The molecular weight excluding hydrogens is 426 g/mol. The number of aromatic nitrogens is 2. The zero-order chi connectivity index (χ0) is 23.7. The van der Waals surface area contributed by atoms with Crippen molar-refractivity contribution in [2.75, 3.05) is 32.2 Å². The van der Waals surface area contributed by atoms with Gasteiger partial charge in [0.1, 0.15) is 5.75 Å². The van der Waals surface area contributed by atoms with Crippen LogP contribution in [0.3, 0.4) is 0 Å². The average molecular weight is 456 g/mol. The van der Waals surface area contributed by atoms with Gasteiger partial charge in [0.15, 0.2) is 0 Å². The number of rotatable bonds is 5. The van der Waals surface area contributed by atoms with Crippen LogP contribution in [0.1, 0.15) is 13.8 Å². The first kappa shape index (κ1) is 22.2. The van der Waals surface area contributed by atoms with Gasteiger partial charge in [-0.3, -0.25) is 4.98 Å². The molecule has 0 aliphatic carbocycles. The fourth-order valence-electron chi connectivity index (χ4n) is 4.76. The molecule has 2 aromatic carbocycles. The molecule has 5 rings (SSSR count). The number of ether oxygens (including phenoxy) is 3. The quantitative estimate of drug-likeness (QED) is 0.391. The van der Waals surface area contributed by atoms with E-state index in [2.05, 4.69) is 60.1 Å². The number of benzene rings is 2. The number of fused-ring (bicyclic) bond motifs is 1. The van der Waals surface area contributed by atoms with Crippen LogP contribution in [0.4, 0.5) is 5.69 Å². The van der Waals surface area contributed by atoms with E-state index in [4.69, 9.17) is 19.2 Å². The number of para-hydroxylation sites is 1. The topological polar surface area (TPSA) is 56.7 Å². The van der Waals surface area contributed by atoms with E-state index in [9.17, 15) is 0 Å². The summed E-state index contributed by atoms with van der Waals surface area (Å²) >= 11 is 0. The van der Waals surface area contributed by atoms with E-state index in [1.165, 1.54) is 5.69 Å². The highest BCUT2D eigenvalue weighted by Gasteiger charge is 2.22. The van der Waals surface area contributed by atoms with Crippen LogP contribution in [0.25, 0.3) is 33.2 Å². The molecule has 2 aromatic heterocycles. The van der Waals surface area contributed by atoms with Gasteiger partial charge in [-0.25, -0.2) is 4.98 Å². The van der Waals surface area contributed by atoms with Crippen LogP contribution in [-0.2, 0) is 4.74 Å². The molecule has 0 radical (unpaired) electrons. The van der Waals surface area contributed by atoms with Crippen molar-refractivity contribution in [3.8, 4) is 33.9 Å². The molecule has 2 atom stereocenters. The predicted molar refractivity (Wildman–Crippen MR) is 136 cm³/mol. The summed E-state index contributed by atoms with van der Waals surface area (Å²) in [5.74, 6) is 1.40. The maximum atomic E-state index is 5.91. The predicted octanol–water partition coefficient (Wildman–Crippen LogP) is 5.59. The molecule has 174 valence electrons. The normalized spacial score (nSPS) is 18.2. The van der Waals surface area contributed by atoms with Gasteiger partial charge < -0.3 is 19.1 Å². The Bertz CT molecular complexity index is 1280. The van der Waals surface area contributed by atoms with Crippen molar-refractivity contribution in [2.45, 2.75) is 26.1 Å². The summed E-state index contributed by atoms with van der Waals surface area (Å²) in [7, 11) is 3.33. The maximum Gasteiger partial charge on any atom is 0.212 e. The van der Waals surface area contributed by atoms with Crippen LogP contribution < -0.4 is 14.4 Å². The van der Waals surface area contributed by atoms with E-state index in [1.807, 2.05) is 30.6 Å². The molecule has 34 heavy (non-hydrogen) atoms. The second-order valence-electron chi connectivity index (χ2n) is 8.71. The molecule has 0 N–H and O–H groups in total. The van der Waals surface area contributed by atoms with Gasteiger partial charge in [-0.05, 0) is 43.7 Å². The fraction of sp³-hybridized carbons (Fsp3) is 0.286. The smallest absolute Gasteiger partial charge is 0.212 e. The minimum atomic E-state index is 0.225. The van der Waals surface area contributed by atoms with Crippen molar-refractivity contribution in [2.24, 2.45) is 0 Å². The lowest BCUT2D eigenvalue weighted by Crippen LogP contribution is -2.45. The maximum absolute atomic E-state index is 5.91. The van der Waals surface area contributed by atoms with Crippen LogP contribution in [0.2, 0.25) is 0 Å². The number of hydrogen-bond donors (Lipinski definition) is 0. The van der Waals surface area contributed by atoms with E-state index in [0.717, 1.165) is 52.0 Å². The van der Waals surface area contributed by atoms with Gasteiger partial charge in [-0.1, -0.05) is 24.3 Å². The number of pyridine rings is 2. The Balaban J connectivity index is 1.52. The number of anilines is 1. The third kappa shape index (κ3) is 4.17. The standard InChI is InChI=1S/C28H29N3O3/c1-18-16-31(17-19(2)34-18)22-11-8-20(9-12-22)25-15-30-27-23(6-5-7-24(27)28(25)33-4)21-10-13-26(32-3)29-14-21/h5-15,18-19H,16-17H2,1-4H3/t18-,19+. The molecule has 4 aromatic rings. The first-order valence-corrected chi connectivity index (χ1v) is 11.5. The minimum Gasteiger partial charge on any atom is -0.495 e. The van der Waals surface area contributed by atoms with E-state index in [0.29, 0.717) is 5.88 Å². The minimum absolute atomic E-state index is 0.225. The monoisotopic (exact) mass is 455 g/mol. The highest BCUT2D eigenvalue weighted by Crippen LogP contribution is 2.39. The second kappa shape index (κ2) is 9.31. The lowest BCUT2D eigenvalue weighted by molar-refractivity contribution is -0.00521. The van der Waals surface area contributed by atoms with Crippen molar-refractivity contribution in [1.29, 1.82) is 0 Å². The van der Waals surface area contributed by atoms with Crippen molar-refractivity contribution < 1.29 is 14.2 Å². The van der Waals surface area contributed by atoms with Crippen molar-refractivity contribution >= 4 is 16.6 Å². The molecule has 1 aliphatic rings. The Morgan fingerprint density at radius 1 is 0.794 bits per heavy atom. The van der Waals surface area contributed by atoms with E-state index >= 15 is 0 Å². The zero-order valence-electron chi connectivity index (χ0n) is 20.0. The first-order chi connectivity index (χ1) is 16.6. The molecule has 6 heteroatoms. The molecule has 6 nitrogen and oxygen atoms in total. The van der Waals surface area contributed by atoms with Crippen LogP contribution in [0.5, 0.6) is 11.6 Å². The van der Waals surface area contributed by atoms with Gasteiger partial charge in [-0.15, -0.1) is 0 Å². The summed E-state index contributed by atoms with van der Waals surface area (Å²) in [4.78, 5) is 11.6. The summed E-state index contributed by atoms with van der Waals surface area (Å²) in [6, 6.07) is 18.6. The van der Waals surface area contributed by atoms with Crippen LogP contribution >= 0.6 is 0 Å². The second-order valence-corrected chi connectivity index (χ2v) is 8.71. The zero-order valence-corrected chi connectivity index (χ0v) is 20.0. The molecule has 0 bridgehead atoms. The summed E-state index contributed by atoms with van der Waals surface area (Å²) in [6.45, 7) is 6.04.